The molecule has 1 fully saturated rings. The maximum Gasteiger partial charge on any atom is 0.242 e. The number of aromatic nitrogens is 3. The second-order valence-electron chi connectivity index (χ2n) is 4.85. The van der Waals surface area contributed by atoms with E-state index < -0.39 is 0 Å². The number of nitrogens with zero attached hydrogens (tertiary/aromatic N) is 4. The van der Waals surface area contributed by atoms with Crippen LogP contribution in [0.25, 0.3) is 0 Å². The second kappa shape index (κ2) is 6.73. The van der Waals surface area contributed by atoms with Gasteiger partial charge in [-0.15, -0.1) is 0 Å². The molecule has 0 saturated carbocycles. The van der Waals surface area contributed by atoms with E-state index in [0.717, 1.165) is 18.0 Å². The molecule has 1 aliphatic rings. The van der Waals surface area contributed by atoms with E-state index in [2.05, 4.69) is 25.3 Å². The maximum absolute atomic E-state index is 5.48. The number of benzene rings is 1. The first kappa shape index (κ1) is 14.1. The molecule has 3 N–H and O–H groups in total. The van der Waals surface area contributed by atoms with Crippen molar-refractivity contribution in [3.05, 3.63) is 30.3 Å². The molecule has 0 amide bonds. The number of rotatable bonds is 4. The van der Waals surface area contributed by atoms with Gasteiger partial charge in [0.1, 0.15) is 0 Å². The highest BCUT2D eigenvalue weighted by atomic mass is 32.2. The van der Waals surface area contributed by atoms with E-state index in [9.17, 15) is 0 Å². The third-order valence-electron chi connectivity index (χ3n) is 3.32. The van der Waals surface area contributed by atoms with E-state index in [1.807, 2.05) is 30.3 Å². The van der Waals surface area contributed by atoms with Gasteiger partial charge in [0, 0.05) is 18.0 Å². The van der Waals surface area contributed by atoms with Crippen molar-refractivity contribution in [1.29, 1.82) is 0 Å². The van der Waals surface area contributed by atoms with Crippen LogP contribution in [0.4, 0.5) is 11.9 Å². The summed E-state index contributed by atoms with van der Waals surface area (Å²) in [6.07, 6.45) is 3.63. The lowest BCUT2D eigenvalue weighted by Crippen LogP contribution is -2.31. The Hall–Kier alpha value is -1.86. The van der Waals surface area contributed by atoms with Gasteiger partial charge in [0.25, 0.3) is 0 Å². The summed E-state index contributed by atoms with van der Waals surface area (Å²) in [5.74, 6) is 6.59. The predicted molar refractivity (Wildman–Crippen MR) is 84.3 cm³/mol. The molecule has 0 spiro atoms. The minimum absolute atomic E-state index is 0.406. The van der Waals surface area contributed by atoms with Crippen molar-refractivity contribution in [3.8, 4) is 0 Å². The molecule has 0 radical (unpaired) electrons. The molecule has 2 heterocycles. The molecule has 6 nitrogen and oxygen atoms in total. The topological polar surface area (TPSA) is 80.0 Å². The van der Waals surface area contributed by atoms with Crippen molar-refractivity contribution in [2.24, 2.45) is 5.84 Å². The predicted octanol–water partition coefficient (Wildman–Crippen LogP) is 2.30. The number of piperidine rings is 1. The van der Waals surface area contributed by atoms with Crippen molar-refractivity contribution in [2.45, 2.75) is 29.3 Å². The van der Waals surface area contributed by atoms with Gasteiger partial charge in [-0.1, -0.05) is 18.2 Å². The third-order valence-corrected chi connectivity index (χ3v) is 4.20. The number of nitrogen functional groups attached to an aromatic ring is 1. The SMILES string of the molecule is NNc1nc(Sc2ccccc2)nc(N2CCCCC2)n1. The normalized spacial score (nSPS) is 15.0. The van der Waals surface area contributed by atoms with Gasteiger partial charge < -0.3 is 4.90 Å². The zero-order valence-electron chi connectivity index (χ0n) is 11.7. The van der Waals surface area contributed by atoms with Crippen LogP contribution in [-0.4, -0.2) is 28.0 Å². The first-order valence-electron chi connectivity index (χ1n) is 7.06. The third kappa shape index (κ3) is 3.62. The van der Waals surface area contributed by atoms with E-state index in [0.29, 0.717) is 17.1 Å². The maximum atomic E-state index is 5.48. The molecule has 1 aliphatic heterocycles. The molecule has 3 rings (SSSR count). The van der Waals surface area contributed by atoms with Crippen molar-refractivity contribution in [3.63, 3.8) is 0 Å². The molecule has 1 saturated heterocycles. The lowest BCUT2D eigenvalue weighted by Gasteiger charge is -2.26. The molecule has 21 heavy (non-hydrogen) atoms. The Morgan fingerprint density at radius 1 is 1.00 bits per heavy atom. The van der Waals surface area contributed by atoms with E-state index in [1.165, 1.54) is 31.0 Å². The summed E-state index contributed by atoms with van der Waals surface area (Å²) in [7, 11) is 0. The monoisotopic (exact) mass is 302 g/mol. The molecule has 1 aromatic heterocycles. The Balaban J connectivity index is 1.85. The van der Waals surface area contributed by atoms with Gasteiger partial charge in [-0.05, 0) is 43.2 Å². The first-order valence-corrected chi connectivity index (χ1v) is 7.87. The number of anilines is 2. The Kier molecular flexibility index (Phi) is 4.52. The van der Waals surface area contributed by atoms with Gasteiger partial charge in [-0.3, -0.25) is 5.43 Å². The van der Waals surface area contributed by atoms with E-state index in [-0.39, 0.29) is 0 Å². The van der Waals surface area contributed by atoms with Crippen molar-refractivity contribution < 1.29 is 0 Å². The molecule has 2 aromatic rings. The Morgan fingerprint density at radius 2 is 1.76 bits per heavy atom. The molecule has 0 atom stereocenters. The summed E-state index contributed by atoms with van der Waals surface area (Å²) < 4.78 is 0. The summed E-state index contributed by atoms with van der Waals surface area (Å²) in [6, 6.07) is 10.0. The standard InChI is InChI=1S/C14H18N6S/c15-19-12-16-13(20-9-5-2-6-10-20)18-14(17-12)21-11-7-3-1-4-8-11/h1,3-4,7-8H,2,5-6,9-10,15H2,(H,16,17,18,19). The molecule has 0 unspecified atom stereocenters. The van der Waals surface area contributed by atoms with Crippen molar-refractivity contribution in [1.82, 2.24) is 15.0 Å². The summed E-state index contributed by atoms with van der Waals surface area (Å²) in [4.78, 5) is 16.6. The zero-order chi connectivity index (χ0) is 14.5. The number of nitrogens with one attached hydrogen (secondary N) is 1. The summed E-state index contributed by atoms with van der Waals surface area (Å²) in [6.45, 7) is 1.98. The fourth-order valence-corrected chi connectivity index (χ4v) is 3.05. The van der Waals surface area contributed by atoms with Gasteiger partial charge in [-0.2, -0.15) is 15.0 Å². The fourth-order valence-electron chi connectivity index (χ4n) is 2.29. The lowest BCUT2D eigenvalue weighted by molar-refractivity contribution is 0.565. The first-order chi connectivity index (χ1) is 10.3. The molecular weight excluding hydrogens is 284 g/mol. The molecule has 0 bridgehead atoms. The highest BCUT2D eigenvalue weighted by Crippen LogP contribution is 2.26. The van der Waals surface area contributed by atoms with Gasteiger partial charge in [0.15, 0.2) is 5.16 Å². The molecule has 0 aliphatic carbocycles. The quantitative estimate of drug-likeness (QED) is 0.662. The van der Waals surface area contributed by atoms with E-state index in [1.54, 1.807) is 0 Å². The second-order valence-corrected chi connectivity index (χ2v) is 5.89. The van der Waals surface area contributed by atoms with Gasteiger partial charge in [-0.25, -0.2) is 5.84 Å². The summed E-state index contributed by atoms with van der Waals surface area (Å²) >= 11 is 1.51. The molecule has 1 aromatic carbocycles. The number of hydrogen-bond donors (Lipinski definition) is 2. The zero-order valence-corrected chi connectivity index (χ0v) is 12.5. The Bertz CT molecular complexity index is 585. The molecule has 7 heteroatoms. The van der Waals surface area contributed by atoms with Crippen LogP contribution in [-0.2, 0) is 0 Å². The largest absolute Gasteiger partial charge is 0.341 e. The minimum Gasteiger partial charge on any atom is -0.341 e. The minimum atomic E-state index is 0.406. The van der Waals surface area contributed by atoms with Crippen molar-refractivity contribution >= 4 is 23.7 Å². The Morgan fingerprint density at radius 3 is 2.48 bits per heavy atom. The van der Waals surface area contributed by atoms with E-state index in [4.69, 9.17) is 5.84 Å². The van der Waals surface area contributed by atoms with Crippen LogP contribution in [0.15, 0.2) is 40.4 Å². The van der Waals surface area contributed by atoms with Crippen LogP contribution < -0.4 is 16.2 Å². The number of nitrogens with two attached hydrogens (primary N) is 1. The van der Waals surface area contributed by atoms with Crippen LogP contribution in [0.3, 0.4) is 0 Å². The van der Waals surface area contributed by atoms with Crippen LogP contribution >= 0.6 is 11.8 Å². The average molecular weight is 302 g/mol. The van der Waals surface area contributed by atoms with Crippen LogP contribution in [0.1, 0.15) is 19.3 Å². The van der Waals surface area contributed by atoms with Crippen LogP contribution in [0.2, 0.25) is 0 Å². The molecule has 110 valence electrons. The van der Waals surface area contributed by atoms with Gasteiger partial charge in [0.05, 0.1) is 0 Å². The number of hydrazine groups is 1. The smallest absolute Gasteiger partial charge is 0.242 e. The fraction of sp³-hybridized carbons (Fsp3) is 0.357. The number of hydrogen-bond acceptors (Lipinski definition) is 7. The highest BCUT2D eigenvalue weighted by Gasteiger charge is 2.16. The van der Waals surface area contributed by atoms with E-state index >= 15 is 0 Å². The van der Waals surface area contributed by atoms with Crippen molar-refractivity contribution in [2.75, 3.05) is 23.4 Å². The summed E-state index contributed by atoms with van der Waals surface area (Å²) in [5.41, 5.74) is 2.53. The lowest BCUT2D eigenvalue weighted by atomic mass is 10.1. The van der Waals surface area contributed by atoms with Gasteiger partial charge in [0.2, 0.25) is 11.9 Å². The van der Waals surface area contributed by atoms with Crippen LogP contribution in [0.5, 0.6) is 0 Å². The average Bonchev–Trinajstić information content (AvgIpc) is 2.56. The Labute approximate surface area is 128 Å². The highest BCUT2D eigenvalue weighted by molar-refractivity contribution is 7.99. The van der Waals surface area contributed by atoms with Crippen LogP contribution in [0, 0.1) is 0 Å². The summed E-state index contributed by atoms with van der Waals surface area (Å²) in [5, 5.41) is 0.657. The molecular formula is C14H18N6S. The van der Waals surface area contributed by atoms with Gasteiger partial charge >= 0.3 is 0 Å².